The molecule has 1 aromatic heterocycles. The summed E-state index contributed by atoms with van der Waals surface area (Å²) in [6, 6.07) is 4.76. The predicted molar refractivity (Wildman–Crippen MR) is 66.9 cm³/mol. The Balaban J connectivity index is 2.57. The first kappa shape index (κ1) is 12.3. The molecule has 2 rings (SSSR count). The van der Waals surface area contributed by atoms with Crippen LogP contribution in [0.1, 0.15) is 11.1 Å². The van der Waals surface area contributed by atoms with Crippen LogP contribution in [0.25, 0.3) is 11.4 Å². The van der Waals surface area contributed by atoms with Crippen molar-refractivity contribution in [3.05, 3.63) is 45.4 Å². The molecule has 2 nitrogen and oxygen atoms in total. The van der Waals surface area contributed by atoms with Crippen molar-refractivity contribution < 1.29 is 4.39 Å². The number of nitrogens with zero attached hydrogens (tertiary/aromatic N) is 2. The van der Waals surface area contributed by atoms with E-state index in [0.29, 0.717) is 22.5 Å². The topological polar surface area (TPSA) is 25.8 Å². The molecular formula is C12H9Cl2FN2. The molecule has 88 valence electrons. The highest BCUT2D eigenvalue weighted by molar-refractivity contribution is 6.34. The molecule has 0 aliphatic rings. The van der Waals surface area contributed by atoms with Gasteiger partial charge in [0.2, 0.25) is 0 Å². The fourth-order valence-corrected chi connectivity index (χ4v) is 1.71. The van der Waals surface area contributed by atoms with Crippen LogP contribution in [0.2, 0.25) is 10.3 Å². The molecule has 0 bridgehead atoms. The average Bonchev–Trinajstić information content (AvgIpc) is 2.29. The van der Waals surface area contributed by atoms with Crippen LogP contribution in [0, 0.1) is 19.7 Å². The first-order valence-corrected chi connectivity index (χ1v) is 5.71. The molecule has 1 aromatic carbocycles. The van der Waals surface area contributed by atoms with Gasteiger partial charge in [0.05, 0.1) is 0 Å². The summed E-state index contributed by atoms with van der Waals surface area (Å²) in [5.41, 5.74) is 1.74. The Morgan fingerprint density at radius 1 is 1.06 bits per heavy atom. The zero-order valence-electron chi connectivity index (χ0n) is 9.26. The largest absolute Gasteiger partial charge is 0.216 e. The van der Waals surface area contributed by atoms with Gasteiger partial charge in [-0.05, 0) is 25.5 Å². The van der Waals surface area contributed by atoms with Crippen molar-refractivity contribution in [3.8, 4) is 11.4 Å². The third-order valence-electron chi connectivity index (χ3n) is 2.46. The highest BCUT2D eigenvalue weighted by Crippen LogP contribution is 2.25. The van der Waals surface area contributed by atoms with E-state index in [1.165, 1.54) is 6.07 Å². The van der Waals surface area contributed by atoms with Crippen LogP contribution in [0.4, 0.5) is 4.39 Å². The maximum atomic E-state index is 13.4. The maximum Gasteiger partial charge on any atom is 0.162 e. The van der Waals surface area contributed by atoms with Gasteiger partial charge in [-0.1, -0.05) is 35.3 Å². The Kier molecular flexibility index (Phi) is 3.31. The van der Waals surface area contributed by atoms with Gasteiger partial charge in [0, 0.05) is 11.1 Å². The lowest BCUT2D eigenvalue weighted by Crippen LogP contribution is -1.95. The van der Waals surface area contributed by atoms with E-state index in [-0.39, 0.29) is 16.1 Å². The van der Waals surface area contributed by atoms with Crippen molar-refractivity contribution in [2.75, 3.05) is 0 Å². The predicted octanol–water partition coefficient (Wildman–Crippen LogP) is 4.21. The van der Waals surface area contributed by atoms with Gasteiger partial charge >= 0.3 is 0 Å². The molecule has 17 heavy (non-hydrogen) atoms. The highest BCUT2D eigenvalue weighted by Gasteiger charge is 2.10. The van der Waals surface area contributed by atoms with Crippen LogP contribution in [0.15, 0.2) is 18.2 Å². The van der Waals surface area contributed by atoms with E-state index >= 15 is 0 Å². The third-order valence-corrected chi connectivity index (χ3v) is 3.19. The van der Waals surface area contributed by atoms with Crippen LogP contribution in [-0.4, -0.2) is 9.97 Å². The first-order valence-electron chi connectivity index (χ1n) is 4.95. The van der Waals surface area contributed by atoms with Crippen molar-refractivity contribution in [3.63, 3.8) is 0 Å². The van der Waals surface area contributed by atoms with E-state index in [4.69, 9.17) is 23.2 Å². The third kappa shape index (κ3) is 2.40. The molecule has 0 aliphatic heterocycles. The van der Waals surface area contributed by atoms with Crippen molar-refractivity contribution in [2.45, 2.75) is 13.8 Å². The molecule has 0 amide bonds. The summed E-state index contributed by atoms with van der Waals surface area (Å²) in [6.07, 6.45) is 0. The second kappa shape index (κ2) is 4.59. The van der Waals surface area contributed by atoms with E-state index in [0.717, 1.165) is 0 Å². The summed E-state index contributed by atoms with van der Waals surface area (Å²) >= 11 is 11.8. The molecule has 0 saturated carbocycles. The van der Waals surface area contributed by atoms with Gasteiger partial charge in [0.25, 0.3) is 0 Å². The molecule has 0 N–H and O–H groups in total. The standard InChI is InChI=1S/C12H9Cl2FN2/c1-6-3-4-8(5-9(6)15)12-16-10(13)7(2)11(14)17-12/h3-5H,1-2H3. The first-order chi connectivity index (χ1) is 7.99. The molecule has 0 fully saturated rings. The number of benzene rings is 1. The summed E-state index contributed by atoms with van der Waals surface area (Å²) in [5.74, 6) is 0.0171. The van der Waals surface area contributed by atoms with E-state index in [1.54, 1.807) is 26.0 Å². The van der Waals surface area contributed by atoms with E-state index < -0.39 is 0 Å². The number of rotatable bonds is 1. The minimum atomic E-state index is -0.307. The lowest BCUT2D eigenvalue weighted by molar-refractivity contribution is 0.619. The van der Waals surface area contributed by atoms with E-state index in [9.17, 15) is 4.39 Å². The summed E-state index contributed by atoms with van der Waals surface area (Å²) in [7, 11) is 0. The van der Waals surface area contributed by atoms with Crippen molar-refractivity contribution in [2.24, 2.45) is 0 Å². The minimum Gasteiger partial charge on any atom is -0.216 e. The molecule has 0 aliphatic carbocycles. The van der Waals surface area contributed by atoms with Gasteiger partial charge in [-0.2, -0.15) is 0 Å². The van der Waals surface area contributed by atoms with Gasteiger partial charge in [-0.25, -0.2) is 14.4 Å². The normalized spacial score (nSPS) is 10.6. The van der Waals surface area contributed by atoms with Crippen LogP contribution < -0.4 is 0 Å². The van der Waals surface area contributed by atoms with Crippen LogP contribution >= 0.6 is 23.2 Å². The van der Waals surface area contributed by atoms with Gasteiger partial charge in [-0.15, -0.1) is 0 Å². The second-order valence-electron chi connectivity index (χ2n) is 3.72. The number of hydrogen-bond donors (Lipinski definition) is 0. The molecular weight excluding hydrogens is 262 g/mol. The second-order valence-corrected chi connectivity index (χ2v) is 4.43. The lowest BCUT2D eigenvalue weighted by atomic mass is 10.1. The van der Waals surface area contributed by atoms with Crippen LogP contribution in [0.5, 0.6) is 0 Å². The quantitative estimate of drug-likeness (QED) is 0.726. The molecule has 0 spiro atoms. The Morgan fingerprint density at radius 3 is 2.18 bits per heavy atom. The van der Waals surface area contributed by atoms with E-state index in [2.05, 4.69) is 9.97 Å². The summed E-state index contributed by atoms with van der Waals surface area (Å²) in [5, 5.41) is 0.557. The molecule has 2 aromatic rings. The number of aromatic nitrogens is 2. The van der Waals surface area contributed by atoms with Gasteiger partial charge in [0.15, 0.2) is 5.82 Å². The molecule has 0 radical (unpaired) electrons. The van der Waals surface area contributed by atoms with Gasteiger partial charge in [0.1, 0.15) is 16.1 Å². The Labute approximate surface area is 108 Å². The minimum absolute atomic E-state index is 0.279. The van der Waals surface area contributed by atoms with Crippen molar-refractivity contribution >= 4 is 23.2 Å². The zero-order chi connectivity index (χ0) is 12.6. The smallest absolute Gasteiger partial charge is 0.162 e. The Bertz CT molecular complexity index is 562. The molecule has 0 saturated heterocycles. The average molecular weight is 271 g/mol. The SMILES string of the molecule is Cc1ccc(-c2nc(Cl)c(C)c(Cl)n2)cc1F. The van der Waals surface area contributed by atoms with Crippen molar-refractivity contribution in [1.29, 1.82) is 0 Å². The summed E-state index contributed by atoms with van der Waals surface area (Å²) < 4.78 is 13.4. The Morgan fingerprint density at radius 2 is 1.65 bits per heavy atom. The van der Waals surface area contributed by atoms with Gasteiger partial charge in [-0.3, -0.25) is 0 Å². The molecule has 5 heteroatoms. The molecule has 0 atom stereocenters. The highest BCUT2D eigenvalue weighted by atomic mass is 35.5. The van der Waals surface area contributed by atoms with Crippen LogP contribution in [-0.2, 0) is 0 Å². The zero-order valence-corrected chi connectivity index (χ0v) is 10.8. The number of aryl methyl sites for hydroxylation is 1. The lowest BCUT2D eigenvalue weighted by Gasteiger charge is -2.05. The fourth-order valence-electron chi connectivity index (χ4n) is 1.32. The molecule has 0 unspecified atom stereocenters. The van der Waals surface area contributed by atoms with Crippen LogP contribution in [0.3, 0.4) is 0 Å². The summed E-state index contributed by atoms with van der Waals surface area (Å²) in [6.45, 7) is 3.42. The van der Waals surface area contributed by atoms with Crippen molar-refractivity contribution in [1.82, 2.24) is 9.97 Å². The van der Waals surface area contributed by atoms with E-state index in [1.807, 2.05) is 0 Å². The summed E-state index contributed by atoms with van der Waals surface area (Å²) in [4.78, 5) is 8.16. The molecule has 1 heterocycles. The maximum absolute atomic E-state index is 13.4. The monoisotopic (exact) mass is 270 g/mol. The number of halogens is 3. The Hall–Kier alpha value is -1.19. The number of hydrogen-bond acceptors (Lipinski definition) is 2. The van der Waals surface area contributed by atoms with Gasteiger partial charge < -0.3 is 0 Å². The fraction of sp³-hybridized carbons (Fsp3) is 0.167.